The van der Waals surface area contributed by atoms with E-state index in [1.165, 1.54) is 38.3 Å². The van der Waals surface area contributed by atoms with E-state index in [9.17, 15) is 4.79 Å². The summed E-state index contributed by atoms with van der Waals surface area (Å²) >= 11 is 0. The molecule has 0 N–H and O–H groups in total. The summed E-state index contributed by atoms with van der Waals surface area (Å²) in [6, 6.07) is 7.84. The van der Waals surface area contributed by atoms with Gasteiger partial charge in [-0.1, -0.05) is 51.2 Å². The summed E-state index contributed by atoms with van der Waals surface area (Å²) in [5.41, 5.74) is 1.85. The molecular weight excluding hydrogens is 236 g/mol. The predicted octanol–water partition coefficient (Wildman–Crippen LogP) is 3.76. The van der Waals surface area contributed by atoms with Gasteiger partial charge in [-0.15, -0.1) is 0 Å². The number of para-hydroxylation sites is 2. The number of hydrogen-bond donors (Lipinski definition) is 0. The van der Waals surface area contributed by atoms with Crippen molar-refractivity contribution in [3.05, 3.63) is 40.8 Å². The van der Waals surface area contributed by atoms with Gasteiger partial charge in [-0.25, -0.2) is 4.98 Å². The van der Waals surface area contributed by atoms with Crippen LogP contribution in [-0.2, 0) is 6.54 Å². The molecule has 102 valence electrons. The number of aromatic nitrogens is 2. The van der Waals surface area contributed by atoms with Gasteiger partial charge in [0.2, 0.25) is 0 Å². The van der Waals surface area contributed by atoms with Crippen LogP contribution in [0.3, 0.4) is 0 Å². The van der Waals surface area contributed by atoms with Crippen molar-refractivity contribution >= 4 is 11.0 Å². The van der Waals surface area contributed by atoms with E-state index >= 15 is 0 Å². The van der Waals surface area contributed by atoms with Crippen molar-refractivity contribution in [3.8, 4) is 0 Å². The highest BCUT2D eigenvalue weighted by atomic mass is 16.1. The van der Waals surface area contributed by atoms with Crippen LogP contribution in [0.4, 0.5) is 0 Å². The SMILES string of the molecule is CCCCCCCCn1c(=O)cnc2ccccc21. The lowest BCUT2D eigenvalue weighted by molar-refractivity contribution is 0.557. The second kappa shape index (κ2) is 7.07. The Morgan fingerprint density at radius 3 is 2.63 bits per heavy atom. The number of nitrogens with zero attached hydrogens (tertiary/aromatic N) is 2. The first-order valence-electron chi connectivity index (χ1n) is 7.27. The lowest BCUT2D eigenvalue weighted by Gasteiger charge is -2.09. The van der Waals surface area contributed by atoms with Crippen LogP contribution in [0.25, 0.3) is 11.0 Å². The Labute approximate surface area is 114 Å². The second-order valence-electron chi connectivity index (χ2n) is 5.00. The smallest absolute Gasteiger partial charge is 0.269 e. The Balaban J connectivity index is 2.00. The summed E-state index contributed by atoms with van der Waals surface area (Å²) in [5, 5.41) is 0. The Hall–Kier alpha value is -1.64. The van der Waals surface area contributed by atoms with Gasteiger partial charge < -0.3 is 4.57 Å². The molecule has 0 saturated heterocycles. The molecule has 3 nitrogen and oxygen atoms in total. The maximum Gasteiger partial charge on any atom is 0.269 e. The number of hydrogen-bond acceptors (Lipinski definition) is 2. The largest absolute Gasteiger partial charge is 0.305 e. The molecule has 0 bridgehead atoms. The van der Waals surface area contributed by atoms with E-state index in [1.54, 1.807) is 0 Å². The molecule has 0 aliphatic carbocycles. The molecule has 19 heavy (non-hydrogen) atoms. The molecule has 0 unspecified atom stereocenters. The van der Waals surface area contributed by atoms with Gasteiger partial charge in [-0.3, -0.25) is 4.79 Å². The molecule has 1 aromatic heterocycles. The van der Waals surface area contributed by atoms with Gasteiger partial charge in [-0.2, -0.15) is 0 Å². The summed E-state index contributed by atoms with van der Waals surface area (Å²) in [6.07, 6.45) is 8.86. The molecule has 1 aromatic carbocycles. The third-order valence-electron chi connectivity index (χ3n) is 3.49. The van der Waals surface area contributed by atoms with E-state index in [4.69, 9.17) is 0 Å². The van der Waals surface area contributed by atoms with E-state index in [2.05, 4.69) is 11.9 Å². The topological polar surface area (TPSA) is 34.9 Å². The normalized spacial score (nSPS) is 11.0. The van der Waals surface area contributed by atoms with Crippen molar-refractivity contribution in [2.75, 3.05) is 0 Å². The molecule has 0 fully saturated rings. The Kier molecular flexibility index (Phi) is 5.13. The first-order chi connectivity index (χ1) is 9.33. The average Bonchev–Trinajstić information content (AvgIpc) is 2.44. The van der Waals surface area contributed by atoms with Crippen molar-refractivity contribution in [1.29, 1.82) is 0 Å². The minimum Gasteiger partial charge on any atom is -0.305 e. The fourth-order valence-corrected chi connectivity index (χ4v) is 2.40. The van der Waals surface area contributed by atoms with Gasteiger partial charge in [0.15, 0.2) is 0 Å². The van der Waals surface area contributed by atoms with Crippen LogP contribution in [0, 0.1) is 0 Å². The van der Waals surface area contributed by atoms with Gasteiger partial charge >= 0.3 is 0 Å². The second-order valence-corrected chi connectivity index (χ2v) is 5.00. The van der Waals surface area contributed by atoms with E-state index in [0.29, 0.717) is 0 Å². The summed E-state index contributed by atoms with van der Waals surface area (Å²) in [4.78, 5) is 16.1. The zero-order valence-corrected chi connectivity index (χ0v) is 11.6. The van der Waals surface area contributed by atoms with Crippen LogP contribution in [0.1, 0.15) is 45.4 Å². The third kappa shape index (κ3) is 3.66. The molecule has 3 heteroatoms. The van der Waals surface area contributed by atoms with E-state index < -0.39 is 0 Å². The minimum absolute atomic E-state index is 0.00672. The van der Waals surface area contributed by atoms with E-state index in [1.807, 2.05) is 28.8 Å². The highest BCUT2D eigenvalue weighted by Gasteiger charge is 2.02. The number of rotatable bonds is 7. The van der Waals surface area contributed by atoms with Crippen molar-refractivity contribution < 1.29 is 0 Å². The van der Waals surface area contributed by atoms with Crippen LogP contribution in [0.2, 0.25) is 0 Å². The molecule has 0 spiro atoms. The van der Waals surface area contributed by atoms with Gasteiger partial charge in [0.25, 0.3) is 5.56 Å². The number of aryl methyl sites for hydroxylation is 1. The van der Waals surface area contributed by atoms with Gasteiger partial charge in [0.1, 0.15) is 0 Å². The van der Waals surface area contributed by atoms with Gasteiger partial charge in [-0.05, 0) is 18.6 Å². The zero-order valence-electron chi connectivity index (χ0n) is 11.6. The molecule has 0 aliphatic heterocycles. The molecule has 1 heterocycles. The summed E-state index contributed by atoms with van der Waals surface area (Å²) in [7, 11) is 0. The fourth-order valence-electron chi connectivity index (χ4n) is 2.40. The monoisotopic (exact) mass is 258 g/mol. The number of benzene rings is 1. The van der Waals surface area contributed by atoms with Crippen LogP contribution >= 0.6 is 0 Å². The predicted molar refractivity (Wildman–Crippen MR) is 79.4 cm³/mol. The number of fused-ring (bicyclic) bond motifs is 1. The Bertz CT molecular complexity index is 574. The van der Waals surface area contributed by atoms with E-state index in [0.717, 1.165) is 24.0 Å². The highest BCUT2D eigenvalue weighted by molar-refractivity contribution is 5.74. The lowest BCUT2D eigenvalue weighted by atomic mass is 10.1. The Morgan fingerprint density at radius 1 is 1.05 bits per heavy atom. The minimum atomic E-state index is 0.00672. The summed E-state index contributed by atoms with van der Waals surface area (Å²) in [6.45, 7) is 3.02. The van der Waals surface area contributed by atoms with E-state index in [-0.39, 0.29) is 5.56 Å². The van der Waals surface area contributed by atoms with Crippen molar-refractivity contribution in [3.63, 3.8) is 0 Å². The quantitative estimate of drug-likeness (QED) is 0.709. The summed E-state index contributed by atoms with van der Waals surface area (Å²) in [5.74, 6) is 0. The summed E-state index contributed by atoms with van der Waals surface area (Å²) < 4.78 is 1.85. The van der Waals surface area contributed by atoms with Crippen molar-refractivity contribution in [2.45, 2.75) is 52.0 Å². The molecule has 0 aliphatic rings. The van der Waals surface area contributed by atoms with Crippen LogP contribution < -0.4 is 5.56 Å². The maximum atomic E-state index is 11.9. The van der Waals surface area contributed by atoms with Crippen LogP contribution in [-0.4, -0.2) is 9.55 Å². The van der Waals surface area contributed by atoms with Gasteiger partial charge in [0.05, 0.1) is 17.2 Å². The standard InChI is InChI=1S/C16H22N2O/c1-2-3-4-5-6-9-12-18-15-11-8-7-10-14(15)17-13-16(18)19/h7-8,10-11,13H,2-6,9,12H2,1H3. The van der Waals surface area contributed by atoms with Gasteiger partial charge in [0, 0.05) is 6.54 Å². The molecule has 0 amide bonds. The lowest BCUT2D eigenvalue weighted by Crippen LogP contribution is -2.20. The highest BCUT2D eigenvalue weighted by Crippen LogP contribution is 2.10. The van der Waals surface area contributed by atoms with Crippen LogP contribution in [0.15, 0.2) is 35.3 Å². The molecule has 2 rings (SSSR count). The van der Waals surface area contributed by atoms with Crippen LogP contribution in [0.5, 0.6) is 0 Å². The third-order valence-corrected chi connectivity index (χ3v) is 3.49. The molecule has 0 radical (unpaired) electrons. The van der Waals surface area contributed by atoms with Crippen molar-refractivity contribution in [2.24, 2.45) is 0 Å². The molecular formula is C16H22N2O. The fraction of sp³-hybridized carbons (Fsp3) is 0.500. The average molecular weight is 258 g/mol. The first-order valence-corrected chi connectivity index (χ1v) is 7.27. The Morgan fingerprint density at radius 2 is 1.79 bits per heavy atom. The molecule has 0 atom stereocenters. The molecule has 2 aromatic rings. The molecule has 0 saturated carbocycles. The zero-order chi connectivity index (χ0) is 13.5. The maximum absolute atomic E-state index is 11.9. The first kappa shape index (κ1) is 13.8. The van der Waals surface area contributed by atoms with Crippen molar-refractivity contribution in [1.82, 2.24) is 9.55 Å². The number of unbranched alkanes of at least 4 members (excludes halogenated alkanes) is 5.